The number of carboxylic acids is 1. The van der Waals surface area contributed by atoms with Crippen LogP contribution >= 0.6 is 11.3 Å². The van der Waals surface area contributed by atoms with Crippen molar-refractivity contribution in [1.82, 2.24) is 4.72 Å². The van der Waals surface area contributed by atoms with Crippen molar-refractivity contribution in [3.63, 3.8) is 0 Å². The molecular formula is C13H21NO4S2. The Labute approximate surface area is 124 Å². The number of thiophene rings is 1. The second-order valence-corrected chi connectivity index (χ2v) is 8.95. The number of rotatable bonds is 5. The van der Waals surface area contributed by atoms with E-state index in [1.165, 1.54) is 6.07 Å². The Morgan fingerprint density at radius 1 is 1.45 bits per heavy atom. The van der Waals surface area contributed by atoms with Crippen LogP contribution in [-0.4, -0.2) is 26.0 Å². The zero-order valence-corrected chi connectivity index (χ0v) is 14.0. The highest BCUT2D eigenvalue weighted by Gasteiger charge is 2.25. The van der Waals surface area contributed by atoms with Gasteiger partial charge in [-0.15, -0.1) is 11.3 Å². The van der Waals surface area contributed by atoms with E-state index >= 15 is 0 Å². The van der Waals surface area contributed by atoms with Gasteiger partial charge in [0.2, 0.25) is 10.0 Å². The maximum absolute atomic E-state index is 12.2. The fourth-order valence-corrected chi connectivity index (χ4v) is 4.01. The summed E-state index contributed by atoms with van der Waals surface area (Å²) in [5.74, 6) is -0.947. The predicted octanol–water partition coefficient (Wildman–Crippen LogP) is 2.72. The summed E-state index contributed by atoms with van der Waals surface area (Å²) >= 11 is 0.970. The number of aryl methyl sites for hydroxylation is 1. The molecule has 0 saturated heterocycles. The molecule has 0 aliphatic heterocycles. The van der Waals surface area contributed by atoms with Crippen LogP contribution in [0.4, 0.5) is 0 Å². The molecule has 0 saturated carbocycles. The third kappa shape index (κ3) is 4.04. The third-order valence-corrected chi connectivity index (χ3v) is 6.15. The largest absolute Gasteiger partial charge is 0.477 e. The number of carbonyl (C=O) groups is 1. The molecule has 0 aromatic carbocycles. The lowest BCUT2D eigenvalue weighted by Gasteiger charge is -2.27. The van der Waals surface area contributed by atoms with Crippen LogP contribution in [-0.2, 0) is 10.0 Å². The predicted molar refractivity (Wildman–Crippen MR) is 79.8 cm³/mol. The summed E-state index contributed by atoms with van der Waals surface area (Å²) in [7, 11) is -3.66. The average molecular weight is 319 g/mol. The van der Waals surface area contributed by atoms with E-state index in [0.717, 1.165) is 11.3 Å². The van der Waals surface area contributed by atoms with Gasteiger partial charge in [0.05, 0.1) is 4.90 Å². The molecule has 5 nitrogen and oxygen atoms in total. The summed E-state index contributed by atoms with van der Waals surface area (Å²) in [6.45, 7) is 10.0. The van der Waals surface area contributed by atoms with Gasteiger partial charge in [0.15, 0.2) is 0 Å². The summed E-state index contributed by atoms with van der Waals surface area (Å²) in [5.41, 5.74) is -0.00155. The first-order valence-electron chi connectivity index (χ1n) is 6.28. The molecule has 1 rings (SSSR count). The Morgan fingerprint density at radius 2 is 2.00 bits per heavy atom. The Bertz CT molecular complexity index is 596. The SMILES string of the molecule is Cc1sc(C(=O)O)cc1S(=O)(=O)NCC(C)C(C)(C)C. The van der Waals surface area contributed by atoms with Crippen LogP contribution in [0.25, 0.3) is 0 Å². The molecule has 1 aromatic heterocycles. The lowest BCUT2D eigenvalue weighted by Crippen LogP contribution is -2.33. The molecule has 0 aliphatic rings. The maximum Gasteiger partial charge on any atom is 0.345 e. The summed E-state index contributed by atoms with van der Waals surface area (Å²) in [4.78, 5) is 11.5. The zero-order chi connectivity index (χ0) is 15.7. The van der Waals surface area contributed by atoms with Crippen LogP contribution in [0.1, 0.15) is 42.2 Å². The molecule has 20 heavy (non-hydrogen) atoms. The van der Waals surface area contributed by atoms with Gasteiger partial charge in [-0.25, -0.2) is 17.9 Å². The van der Waals surface area contributed by atoms with Crippen molar-refractivity contribution >= 4 is 27.3 Å². The van der Waals surface area contributed by atoms with Crippen molar-refractivity contribution in [3.8, 4) is 0 Å². The van der Waals surface area contributed by atoms with Crippen LogP contribution in [0.15, 0.2) is 11.0 Å². The first kappa shape index (κ1) is 17.1. The number of aromatic carboxylic acids is 1. The van der Waals surface area contributed by atoms with Gasteiger partial charge in [0.1, 0.15) is 4.88 Å². The van der Waals surface area contributed by atoms with Gasteiger partial charge in [-0.2, -0.15) is 0 Å². The lowest BCUT2D eigenvalue weighted by molar-refractivity contribution is 0.0702. The van der Waals surface area contributed by atoms with E-state index < -0.39 is 16.0 Å². The van der Waals surface area contributed by atoms with Crippen molar-refractivity contribution in [2.75, 3.05) is 6.54 Å². The number of nitrogens with one attached hydrogen (secondary N) is 1. The van der Waals surface area contributed by atoms with Crippen molar-refractivity contribution in [1.29, 1.82) is 0 Å². The van der Waals surface area contributed by atoms with E-state index in [1.807, 2.05) is 27.7 Å². The fourth-order valence-electron chi connectivity index (χ4n) is 1.46. The van der Waals surface area contributed by atoms with E-state index in [-0.39, 0.29) is 21.1 Å². The van der Waals surface area contributed by atoms with Gasteiger partial charge in [-0.05, 0) is 24.3 Å². The minimum Gasteiger partial charge on any atom is -0.477 e. The Balaban J connectivity index is 2.92. The number of hydrogen-bond donors (Lipinski definition) is 2. The molecule has 1 unspecified atom stereocenters. The second kappa shape index (κ2) is 5.83. The average Bonchev–Trinajstić information content (AvgIpc) is 2.68. The van der Waals surface area contributed by atoms with E-state index in [2.05, 4.69) is 4.72 Å². The van der Waals surface area contributed by atoms with Crippen molar-refractivity contribution in [2.45, 2.75) is 39.5 Å². The van der Waals surface area contributed by atoms with E-state index in [0.29, 0.717) is 11.4 Å². The highest BCUT2D eigenvalue weighted by atomic mass is 32.2. The van der Waals surface area contributed by atoms with Crippen LogP contribution in [0, 0.1) is 18.3 Å². The second-order valence-electron chi connectivity index (χ2n) is 5.96. The smallest absolute Gasteiger partial charge is 0.345 e. The van der Waals surface area contributed by atoms with Crippen molar-refractivity contribution in [2.24, 2.45) is 11.3 Å². The van der Waals surface area contributed by atoms with Crippen LogP contribution in [0.2, 0.25) is 0 Å². The fraction of sp³-hybridized carbons (Fsp3) is 0.615. The Morgan fingerprint density at radius 3 is 2.40 bits per heavy atom. The minimum atomic E-state index is -3.66. The normalized spacial score (nSPS) is 14.2. The number of carboxylic acid groups (broad SMARTS) is 1. The highest BCUT2D eigenvalue weighted by molar-refractivity contribution is 7.89. The molecule has 0 spiro atoms. The molecule has 1 aromatic rings. The van der Waals surface area contributed by atoms with Crippen LogP contribution in [0.3, 0.4) is 0 Å². The van der Waals surface area contributed by atoms with Crippen molar-refractivity contribution in [3.05, 3.63) is 15.8 Å². The van der Waals surface area contributed by atoms with Crippen molar-refractivity contribution < 1.29 is 18.3 Å². The standard InChI is InChI=1S/C13H21NO4S2/c1-8(13(3,4)5)7-14-20(17,18)11-6-10(12(15)16)19-9(11)2/h6,8,14H,7H2,1-5H3,(H,15,16). The number of sulfonamides is 1. The maximum atomic E-state index is 12.2. The topological polar surface area (TPSA) is 83.5 Å². The molecule has 1 heterocycles. The molecule has 0 fully saturated rings. The molecule has 0 amide bonds. The lowest BCUT2D eigenvalue weighted by atomic mass is 9.82. The molecule has 0 bridgehead atoms. The molecule has 1 atom stereocenters. The molecule has 114 valence electrons. The zero-order valence-electron chi connectivity index (χ0n) is 12.4. The van der Waals surface area contributed by atoms with Gasteiger partial charge in [0.25, 0.3) is 0 Å². The quantitative estimate of drug-likeness (QED) is 0.874. The highest BCUT2D eigenvalue weighted by Crippen LogP contribution is 2.27. The van der Waals surface area contributed by atoms with Gasteiger partial charge >= 0.3 is 5.97 Å². The molecule has 0 aliphatic carbocycles. The van der Waals surface area contributed by atoms with E-state index in [1.54, 1.807) is 6.92 Å². The summed E-state index contributed by atoms with van der Waals surface area (Å²) in [6, 6.07) is 1.21. The summed E-state index contributed by atoms with van der Waals surface area (Å²) < 4.78 is 27.0. The molecular weight excluding hydrogens is 298 g/mol. The van der Waals surface area contributed by atoms with Crippen LogP contribution in [0.5, 0.6) is 0 Å². The van der Waals surface area contributed by atoms with E-state index in [9.17, 15) is 13.2 Å². The molecule has 2 N–H and O–H groups in total. The first-order valence-corrected chi connectivity index (χ1v) is 8.58. The van der Waals surface area contributed by atoms with Gasteiger partial charge in [-0.1, -0.05) is 27.7 Å². The van der Waals surface area contributed by atoms with Gasteiger partial charge in [-0.3, -0.25) is 0 Å². The van der Waals surface area contributed by atoms with Gasteiger partial charge in [0, 0.05) is 11.4 Å². The summed E-state index contributed by atoms with van der Waals surface area (Å²) in [6.07, 6.45) is 0. The van der Waals surface area contributed by atoms with Gasteiger partial charge < -0.3 is 5.11 Å². The minimum absolute atomic E-state index is 0.00155. The first-order chi connectivity index (χ1) is 8.95. The summed E-state index contributed by atoms with van der Waals surface area (Å²) in [5, 5.41) is 8.91. The Hall–Kier alpha value is -0.920. The Kier molecular flexibility index (Phi) is 4.99. The third-order valence-electron chi connectivity index (χ3n) is 3.43. The molecule has 7 heteroatoms. The monoisotopic (exact) mass is 319 g/mol. The van der Waals surface area contributed by atoms with E-state index in [4.69, 9.17) is 5.11 Å². The molecule has 0 radical (unpaired) electrons. The number of hydrogen-bond acceptors (Lipinski definition) is 4. The van der Waals surface area contributed by atoms with Crippen LogP contribution < -0.4 is 4.72 Å².